The van der Waals surface area contributed by atoms with Crippen molar-refractivity contribution in [3.63, 3.8) is 0 Å². The van der Waals surface area contributed by atoms with Crippen molar-refractivity contribution in [1.82, 2.24) is 10.3 Å². The van der Waals surface area contributed by atoms with Gasteiger partial charge in [0.1, 0.15) is 11.4 Å². The first-order valence-electron chi connectivity index (χ1n) is 12.0. The number of carbonyl (C=O) groups excluding carboxylic acids is 2. The molecule has 4 aromatic rings. The van der Waals surface area contributed by atoms with Gasteiger partial charge in [-0.15, -0.1) is 0 Å². The maximum Gasteiger partial charge on any atom is 0.407 e. The lowest BCUT2D eigenvalue weighted by molar-refractivity contribution is -0.136. The smallest absolute Gasteiger partial charge is 0.407 e. The van der Waals surface area contributed by atoms with E-state index in [0.717, 1.165) is 5.39 Å². The predicted octanol–water partition coefficient (Wildman–Crippen LogP) is 5.88. The number of carboxylic acid groups (broad SMARTS) is 1. The van der Waals surface area contributed by atoms with Crippen molar-refractivity contribution in [1.29, 1.82) is 0 Å². The highest BCUT2D eigenvalue weighted by atomic mass is 19.1. The number of anilines is 1. The number of rotatable bonds is 7. The van der Waals surface area contributed by atoms with Crippen molar-refractivity contribution < 1.29 is 28.6 Å². The van der Waals surface area contributed by atoms with E-state index in [-0.39, 0.29) is 13.0 Å². The average molecular weight is 518 g/mol. The third kappa shape index (κ3) is 6.56. The summed E-state index contributed by atoms with van der Waals surface area (Å²) in [7, 11) is 0. The van der Waals surface area contributed by atoms with Gasteiger partial charge in [0.25, 0.3) is 5.91 Å². The van der Waals surface area contributed by atoms with Gasteiger partial charge in [0.05, 0.1) is 6.42 Å². The number of H-pyrrole nitrogens is 1. The molecule has 0 spiro atoms. The van der Waals surface area contributed by atoms with Crippen LogP contribution in [0.5, 0.6) is 0 Å². The molecule has 0 atom stereocenters. The van der Waals surface area contributed by atoms with Gasteiger partial charge < -0.3 is 25.5 Å². The van der Waals surface area contributed by atoms with Crippen LogP contribution >= 0.6 is 0 Å². The van der Waals surface area contributed by atoms with Gasteiger partial charge in [0.2, 0.25) is 0 Å². The van der Waals surface area contributed by atoms with Gasteiger partial charge in [-0.2, -0.15) is 0 Å². The highest BCUT2D eigenvalue weighted by Gasteiger charge is 2.18. The molecule has 0 radical (unpaired) electrons. The first-order valence-corrected chi connectivity index (χ1v) is 12.0. The van der Waals surface area contributed by atoms with Crippen LogP contribution in [0.25, 0.3) is 22.0 Å². The Kier molecular flexibility index (Phi) is 7.47. The monoisotopic (exact) mass is 517 g/mol. The molecule has 0 bridgehead atoms. The largest absolute Gasteiger partial charge is 0.481 e. The topological polar surface area (TPSA) is 121 Å². The maximum absolute atomic E-state index is 14.7. The van der Waals surface area contributed by atoms with Gasteiger partial charge in [-0.1, -0.05) is 18.2 Å². The van der Waals surface area contributed by atoms with Gasteiger partial charge in [-0.25, -0.2) is 9.18 Å². The molecule has 196 valence electrons. The Morgan fingerprint density at radius 2 is 1.79 bits per heavy atom. The number of halogens is 1. The molecule has 3 aromatic carbocycles. The summed E-state index contributed by atoms with van der Waals surface area (Å²) in [5.74, 6) is -1.95. The summed E-state index contributed by atoms with van der Waals surface area (Å²) in [6.07, 6.45) is 0.876. The van der Waals surface area contributed by atoms with Crippen LogP contribution in [0, 0.1) is 5.82 Å². The summed E-state index contributed by atoms with van der Waals surface area (Å²) in [5, 5.41) is 15.4. The fraction of sp³-hybridized carbons (Fsp3) is 0.207. The second-order valence-corrected chi connectivity index (χ2v) is 9.85. The molecule has 0 aliphatic rings. The number of carboxylic acids is 1. The number of aromatic nitrogens is 1. The Hall–Kier alpha value is -4.66. The number of aromatic amines is 1. The number of alkyl carbamates (subject to hydrolysis) is 1. The first-order chi connectivity index (χ1) is 18.0. The summed E-state index contributed by atoms with van der Waals surface area (Å²) >= 11 is 0. The number of carbonyl (C=O) groups is 3. The fourth-order valence-corrected chi connectivity index (χ4v) is 4.09. The van der Waals surface area contributed by atoms with E-state index in [1.54, 1.807) is 69.4 Å². The molecular weight excluding hydrogens is 489 g/mol. The van der Waals surface area contributed by atoms with Crippen LogP contribution in [-0.2, 0) is 22.5 Å². The summed E-state index contributed by atoms with van der Waals surface area (Å²) in [6.45, 7) is 5.31. The number of benzene rings is 3. The molecule has 38 heavy (non-hydrogen) atoms. The summed E-state index contributed by atoms with van der Waals surface area (Å²) < 4.78 is 19.9. The quantitative estimate of drug-likeness (QED) is 0.244. The number of nitrogens with one attached hydrogen (secondary N) is 3. The van der Waals surface area contributed by atoms with Crippen molar-refractivity contribution in [3.05, 3.63) is 89.4 Å². The minimum atomic E-state index is -1.01. The molecule has 1 heterocycles. The van der Waals surface area contributed by atoms with E-state index in [0.29, 0.717) is 39.0 Å². The molecule has 1 aromatic heterocycles. The van der Waals surface area contributed by atoms with Gasteiger partial charge in [-0.05, 0) is 85.5 Å². The van der Waals surface area contributed by atoms with Crippen LogP contribution in [0.2, 0.25) is 0 Å². The second kappa shape index (κ2) is 10.8. The molecule has 4 N–H and O–H groups in total. The van der Waals surface area contributed by atoms with Crippen molar-refractivity contribution in [2.75, 3.05) is 5.32 Å². The van der Waals surface area contributed by atoms with Crippen LogP contribution in [0.3, 0.4) is 0 Å². The zero-order valence-corrected chi connectivity index (χ0v) is 21.2. The second-order valence-electron chi connectivity index (χ2n) is 9.85. The standard InChI is InChI=1S/C29H28FN3O5/c1-29(2,3)38-28(37)32-16-17-10-19(12-21(30)11-17)23-13-20(14-25-22(23)8-9-31-25)27(36)33-24-7-5-4-6-18(24)15-26(34)35/h4-14,31H,15-16H2,1-3H3,(H,32,37)(H,33,36)(H,34,35). The molecule has 4 rings (SSSR count). The van der Waals surface area contributed by atoms with Crippen LogP contribution in [0.15, 0.2) is 66.9 Å². The van der Waals surface area contributed by atoms with Crippen LogP contribution < -0.4 is 10.6 Å². The van der Waals surface area contributed by atoms with Crippen LogP contribution in [-0.4, -0.2) is 33.7 Å². The summed E-state index contributed by atoms with van der Waals surface area (Å²) in [4.78, 5) is 39.6. The van der Waals surface area contributed by atoms with Crippen molar-refractivity contribution in [3.8, 4) is 11.1 Å². The van der Waals surface area contributed by atoms with Crippen LogP contribution in [0.4, 0.5) is 14.9 Å². The van der Waals surface area contributed by atoms with Crippen molar-refractivity contribution in [2.45, 2.75) is 39.3 Å². The van der Waals surface area contributed by atoms with E-state index in [1.165, 1.54) is 12.1 Å². The minimum Gasteiger partial charge on any atom is -0.481 e. The van der Waals surface area contributed by atoms with Gasteiger partial charge >= 0.3 is 12.1 Å². The van der Waals surface area contributed by atoms with E-state index in [9.17, 15) is 23.9 Å². The number of hydrogen-bond donors (Lipinski definition) is 4. The van der Waals surface area contributed by atoms with E-state index in [1.807, 2.05) is 6.07 Å². The van der Waals surface area contributed by atoms with Gasteiger partial charge in [0.15, 0.2) is 0 Å². The molecule has 0 aliphatic heterocycles. The maximum atomic E-state index is 14.7. The molecule has 0 fully saturated rings. The number of aliphatic carboxylic acids is 1. The van der Waals surface area contributed by atoms with E-state index >= 15 is 0 Å². The number of para-hydroxylation sites is 1. The van der Waals surface area contributed by atoms with E-state index < -0.39 is 29.4 Å². The zero-order chi connectivity index (χ0) is 27.4. The summed E-state index contributed by atoms with van der Waals surface area (Å²) in [5.41, 5.74) is 2.85. The molecule has 0 saturated heterocycles. The molecule has 8 nitrogen and oxygen atoms in total. The number of ether oxygens (including phenoxy) is 1. The Labute approximate surface area is 218 Å². The zero-order valence-electron chi connectivity index (χ0n) is 21.2. The molecule has 0 aliphatic carbocycles. The SMILES string of the molecule is CC(C)(C)OC(=O)NCc1cc(F)cc(-c2cc(C(=O)Nc3ccccc3CC(=O)O)cc3[nH]ccc23)c1. The third-order valence-corrected chi connectivity index (χ3v) is 5.64. The Morgan fingerprint density at radius 1 is 1.03 bits per heavy atom. The lowest BCUT2D eigenvalue weighted by Crippen LogP contribution is -2.32. The molecule has 0 saturated carbocycles. The Bertz CT molecular complexity index is 1520. The molecule has 9 heteroatoms. The first kappa shape index (κ1) is 26.4. The average Bonchev–Trinajstić information content (AvgIpc) is 3.30. The number of fused-ring (bicyclic) bond motifs is 1. The minimum absolute atomic E-state index is 0.0521. The molecular formula is C29H28FN3O5. The van der Waals surface area contributed by atoms with E-state index in [4.69, 9.17) is 4.74 Å². The normalized spacial score (nSPS) is 11.3. The highest BCUT2D eigenvalue weighted by molar-refractivity contribution is 6.09. The molecule has 0 unspecified atom stereocenters. The van der Waals surface area contributed by atoms with Crippen molar-refractivity contribution in [2.24, 2.45) is 0 Å². The van der Waals surface area contributed by atoms with Crippen molar-refractivity contribution >= 4 is 34.6 Å². The Morgan fingerprint density at radius 3 is 2.53 bits per heavy atom. The lowest BCUT2D eigenvalue weighted by atomic mass is 9.97. The fourth-order valence-electron chi connectivity index (χ4n) is 4.09. The number of hydrogen-bond acceptors (Lipinski definition) is 4. The summed E-state index contributed by atoms with van der Waals surface area (Å²) in [6, 6.07) is 16.3. The van der Waals surface area contributed by atoms with E-state index in [2.05, 4.69) is 15.6 Å². The van der Waals surface area contributed by atoms with Gasteiger partial charge in [-0.3, -0.25) is 9.59 Å². The van der Waals surface area contributed by atoms with Gasteiger partial charge in [0, 0.05) is 34.9 Å². The predicted molar refractivity (Wildman–Crippen MR) is 143 cm³/mol. The number of amides is 2. The Balaban J connectivity index is 1.65. The highest BCUT2D eigenvalue weighted by Crippen LogP contribution is 2.32. The lowest BCUT2D eigenvalue weighted by Gasteiger charge is -2.19. The molecule has 2 amide bonds. The van der Waals surface area contributed by atoms with Crippen LogP contribution in [0.1, 0.15) is 42.3 Å². The third-order valence-electron chi connectivity index (χ3n) is 5.64.